The van der Waals surface area contributed by atoms with Crippen LogP contribution in [0.2, 0.25) is 0 Å². The van der Waals surface area contributed by atoms with Gasteiger partial charge < -0.3 is 15.0 Å². The fraction of sp³-hybridized carbons (Fsp3) is 0.727. The number of hydrogen-bond donors (Lipinski definition) is 1. The molecule has 1 saturated heterocycles. The van der Waals surface area contributed by atoms with Gasteiger partial charge in [-0.3, -0.25) is 4.79 Å². The highest BCUT2D eigenvalue weighted by molar-refractivity contribution is 7.17. The van der Waals surface area contributed by atoms with Gasteiger partial charge >= 0.3 is 0 Å². The number of carbonyl (C=O) groups is 1. The highest BCUT2D eigenvalue weighted by Crippen LogP contribution is 2.18. The zero-order valence-corrected chi connectivity index (χ0v) is 11.5. The van der Waals surface area contributed by atoms with Crippen molar-refractivity contribution < 1.29 is 9.53 Å². The Labute approximate surface area is 110 Å². The van der Waals surface area contributed by atoms with Crippen LogP contribution in [-0.2, 0) is 4.74 Å². The van der Waals surface area contributed by atoms with E-state index in [1.165, 1.54) is 11.3 Å². The van der Waals surface area contributed by atoms with E-state index < -0.39 is 0 Å². The zero-order valence-electron chi connectivity index (χ0n) is 10.7. The van der Waals surface area contributed by atoms with E-state index in [-0.39, 0.29) is 12.0 Å². The fourth-order valence-corrected chi connectivity index (χ4v) is 2.63. The number of amides is 1. The Morgan fingerprint density at radius 2 is 2.44 bits per heavy atom. The lowest BCUT2D eigenvalue weighted by Crippen LogP contribution is -2.35. The average molecular weight is 270 g/mol. The van der Waals surface area contributed by atoms with Crippen molar-refractivity contribution in [3.63, 3.8) is 0 Å². The van der Waals surface area contributed by atoms with E-state index in [9.17, 15) is 4.79 Å². The molecule has 100 valence electrons. The molecule has 1 fully saturated rings. The monoisotopic (exact) mass is 270 g/mol. The molecule has 1 aromatic heterocycles. The van der Waals surface area contributed by atoms with Crippen LogP contribution in [0, 0.1) is 0 Å². The van der Waals surface area contributed by atoms with Gasteiger partial charge in [0, 0.05) is 26.2 Å². The summed E-state index contributed by atoms with van der Waals surface area (Å²) in [5.41, 5.74) is 0. The Kier molecular flexibility index (Phi) is 4.48. The van der Waals surface area contributed by atoms with Gasteiger partial charge in [-0.2, -0.15) is 0 Å². The molecule has 0 bridgehead atoms. The maximum absolute atomic E-state index is 12.3. The first-order chi connectivity index (χ1) is 8.70. The predicted octanol–water partition coefficient (Wildman–Crippen LogP) is 1.22. The molecule has 2 rings (SSSR count). The first-order valence-electron chi connectivity index (χ1n) is 6.19. The third kappa shape index (κ3) is 3.17. The molecule has 1 unspecified atom stereocenters. The molecular formula is C11H18N4O2S. The van der Waals surface area contributed by atoms with Gasteiger partial charge in [0.25, 0.3) is 5.91 Å². The minimum Gasteiger partial charge on any atom is -0.377 e. The molecule has 0 aliphatic carbocycles. The number of nitrogens with one attached hydrogen (secondary N) is 1. The number of hydrogen-bond acceptors (Lipinski definition) is 6. The van der Waals surface area contributed by atoms with Gasteiger partial charge in [-0.1, -0.05) is 11.3 Å². The number of anilines is 1. The van der Waals surface area contributed by atoms with Crippen molar-refractivity contribution in [2.45, 2.75) is 26.4 Å². The summed E-state index contributed by atoms with van der Waals surface area (Å²) >= 11 is 1.30. The van der Waals surface area contributed by atoms with Crippen LogP contribution in [0.4, 0.5) is 5.13 Å². The fourth-order valence-electron chi connectivity index (χ4n) is 1.85. The normalized spacial score (nSPS) is 20.6. The lowest BCUT2D eigenvalue weighted by Gasteiger charge is -2.20. The Bertz CT molecular complexity index is 410. The van der Waals surface area contributed by atoms with Crippen LogP contribution in [-0.4, -0.2) is 53.3 Å². The van der Waals surface area contributed by atoms with E-state index in [1.54, 1.807) is 4.90 Å². The Hall–Kier alpha value is -1.21. The van der Waals surface area contributed by atoms with Crippen LogP contribution in [0.15, 0.2) is 0 Å². The lowest BCUT2D eigenvalue weighted by molar-refractivity contribution is 0.0562. The highest BCUT2D eigenvalue weighted by atomic mass is 32.1. The number of rotatable bonds is 3. The predicted molar refractivity (Wildman–Crippen MR) is 70.0 cm³/mol. The molecule has 2 heterocycles. The standard InChI is InChI=1S/C11H18N4O2S/c1-3-12-11-14-13-9(18-11)10(16)15-5-4-6-17-8(2)7-15/h8H,3-7H2,1-2H3,(H,12,14). The van der Waals surface area contributed by atoms with Gasteiger partial charge in [-0.25, -0.2) is 0 Å². The Balaban J connectivity index is 2.04. The Morgan fingerprint density at radius 1 is 1.61 bits per heavy atom. The summed E-state index contributed by atoms with van der Waals surface area (Å²) in [5.74, 6) is -0.0472. The number of nitrogens with zero attached hydrogens (tertiary/aromatic N) is 3. The van der Waals surface area contributed by atoms with Crippen LogP contribution in [0.25, 0.3) is 0 Å². The van der Waals surface area contributed by atoms with Gasteiger partial charge in [-0.15, -0.1) is 10.2 Å². The second-order valence-corrected chi connectivity index (χ2v) is 5.21. The van der Waals surface area contributed by atoms with Gasteiger partial charge in [-0.05, 0) is 20.3 Å². The van der Waals surface area contributed by atoms with E-state index in [1.807, 2.05) is 13.8 Å². The molecule has 7 heteroatoms. The largest absolute Gasteiger partial charge is 0.377 e. The molecule has 1 atom stereocenters. The van der Waals surface area contributed by atoms with Gasteiger partial charge in [0.1, 0.15) is 0 Å². The van der Waals surface area contributed by atoms with Crippen molar-refractivity contribution in [3.05, 3.63) is 5.01 Å². The zero-order chi connectivity index (χ0) is 13.0. The van der Waals surface area contributed by atoms with E-state index in [0.717, 1.165) is 19.5 Å². The molecule has 1 N–H and O–H groups in total. The van der Waals surface area contributed by atoms with Crippen molar-refractivity contribution >= 4 is 22.4 Å². The quantitative estimate of drug-likeness (QED) is 0.894. The molecule has 6 nitrogen and oxygen atoms in total. The highest BCUT2D eigenvalue weighted by Gasteiger charge is 2.23. The first kappa shape index (κ1) is 13.2. The summed E-state index contributed by atoms with van der Waals surface area (Å²) in [5, 5.41) is 12.1. The molecule has 0 radical (unpaired) electrons. The molecule has 1 aliphatic rings. The summed E-state index contributed by atoms with van der Waals surface area (Å²) in [7, 11) is 0. The first-order valence-corrected chi connectivity index (χ1v) is 7.00. The third-order valence-corrected chi connectivity index (χ3v) is 3.54. The number of carbonyl (C=O) groups excluding carboxylic acids is 1. The number of aromatic nitrogens is 2. The van der Waals surface area contributed by atoms with Crippen LogP contribution in [0.1, 0.15) is 30.1 Å². The topological polar surface area (TPSA) is 67.4 Å². The molecule has 1 amide bonds. The van der Waals surface area contributed by atoms with Gasteiger partial charge in [0.2, 0.25) is 10.1 Å². The Morgan fingerprint density at radius 3 is 3.22 bits per heavy atom. The van der Waals surface area contributed by atoms with Crippen LogP contribution < -0.4 is 5.32 Å². The maximum atomic E-state index is 12.3. The second-order valence-electron chi connectivity index (χ2n) is 4.23. The minimum absolute atomic E-state index is 0.0472. The summed E-state index contributed by atoms with van der Waals surface area (Å²) in [6.07, 6.45) is 0.951. The summed E-state index contributed by atoms with van der Waals surface area (Å²) in [6, 6.07) is 0. The maximum Gasteiger partial charge on any atom is 0.284 e. The van der Waals surface area contributed by atoms with E-state index in [0.29, 0.717) is 23.3 Å². The summed E-state index contributed by atoms with van der Waals surface area (Å²) < 4.78 is 5.52. The SMILES string of the molecule is CCNc1nnc(C(=O)N2CCCOC(C)C2)s1. The van der Waals surface area contributed by atoms with Crippen molar-refractivity contribution in [3.8, 4) is 0 Å². The van der Waals surface area contributed by atoms with E-state index >= 15 is 0 Å². The summed E-state index contributed by atoms with van der Waals surface area (Å²) in [6.45, 7) is 6.79. The van der Waals surface area contributed by atoms with Crippen molar-refractivity contribution in [2.75, 3.05) is 31.6 Å². The van der Waals surface area contributed by atoms with Crippen molar-refractivity contribution in [2.24, 2.45) is 0 Å². The van der Waals surface area contributed by atoms with Crippen LogP contribution in [0.5, 0.6) is 0 Å². The van der Waals surface area contributed by atoms with Crippen molar-refractivity contribution in [1.82, 2.24) is 15.1 Å². The van der Waals surface area contributed by atoms with Crippen LogP contribution in [0.3, 0.4) is 0 Å². The molecular weight excluding hydrogens is 252 g/mol. The average Bonchev–Trinajstić information content (AvgIpc) is 2.70. The molecule has 18 heavy (non-hydrogen) atoms. The second kappa shape index (κ2) is 6.10. The van der Waals surface area contributed by atoms with Crippen LogP contribution >= 0.6 is 11.3 Å². The third-order valence-electron chi connectivity index (χ3n) is 2.68. The van der Waals surface area contributed by atoms with E-state index in [4.69, 9.17) is 4.74 Å². The van der Waals surface area contributed by atoms with Crippen molar-refractivity contribution in [1.29, 1.82) is 0 Å². The number of ether oxygens (including phenoxy) is 1. The van der Waals surface area contributed by atoms with Gasteiger partial charge in [0.15, 0.2) is 0 Å². The minimum atomic E-state index is -0.0472. The lowest BCUT2D eigenvalue weighted by atomic mass is 10.3. The smallest absolute Gasteiger partial charge is 0.284 e. The van der Waals surface area contributed by atoms with Gasteiger partial charge in [0.05, 0.1) is 6.10 Å². The molecule has 0 saturated carbocycles. The molecule has 0 aromatic carbocycles. The van der Waals surface area contributed by atoms with E-state index in [2.05, 4.69) is 15.5 Å². The summed E-state index contributed by atoms with van der Waals surface area (Å²) in [4.78, 5) is 14.1. The molecule has 0 spiro atoms. The molecule has 1 aromatic rings. The molecule has 1 aliphatic heterocycles.